The number of nitrogens with one attached hydrogen (secondary N) is 2. The largest absolute Gasteiger partial charge is 0.381 e. The van der Waals surface area contributed by atoms with Crippen molar-refractivity contribution in [1.82, 2.24) is 15.5 Å². The number of hydrogen-bond acceptors (Lipinski definition) is 4. The molecule has 160 valence electrons. The molecule has 0 amide bonds. The zero-order valence-electron chi connectivity index (χ0n) is 18.1. The lowest BCUT2D eigenvalue weighted by molar-refractivity contribution is 0.0205. The van der Waals surface area contributed by atoms with E-state index in [1.165, 1.54) is 38.6 Å². The summed E-state index contributed by atoms with van der Waals surface area (Å²) in [6.45, 7) is 9.49. The predicted octanol–water partition coefficient (Wildman–Crippen LogP) is 2.89. The van der Waals surface area contributed by atoms with E-state index in [0.29, 0.717) is 5.92 Å². The van der Waals surface area contributed by atoms with Gasteiger partial charge in [-0.05, 0) is 65.6 Å². The molecule has 27 heavy (non-hydrogen) atoms. The first-order valence-electron chi connectivity index (χ1n) is 11.0. The quantitative estimate of drug-likeness (QED) is 0.258. The summed E-state index contributed by atoms with van der Waals surface area (Å²) >= 11 is 0. The molecule has 0 radical (unpaired) electrons. The van der Waals surface area contributed by atoms with Crippen molar-refractivity contribution in [3.05, 3.63) is 0 Å². The molecule has 0 aromatic rings. The predicted molar refractivity (Wildman–Crippen MR) is 115 cm³/mol. The molecule has 0 saturated carbocycles. The molecule has 1 fully saturated rings. The molecule has 0 bridgehead atoms. The Bertz CT molecular complexity index is 358. The fraction of sp³-hybridized carbons (Fsp3) is 0.952. The van der Waals surface area contributed by atoms with Crippen LogP contribution in [0, 0.1) is 5.92 Å². The summed E-state index contributed by atoms with van der Waals surface area (Å²) in [4.78, 5) is 6.91. The second-order valence-corrected chi connectivity index (χ2v) is 7.74. The molecule has 0 aliphatic carbocycles. The van der Waals surface area contributed by atoms with Crippen LogP contribution in [0.1, 0.15) is 58.3 Å². The second-order valence-electron chi connectivity index (χ2n) is 7.74. The Morgan fingerprint density at radius 1 is 1.04 bits per heavy atom. The van der Waals surface area contributed by atoms with E-state index in [0.717, 1.165) is 71.3 Å². The third-order valence-electron chi connectivity index (χ3n) is 4.83. The van der Waals surface area contributed by atoms with Gasteiger partial charge in [0, 0.05) is 46.1 Å². The van der Waals surface area contributed by atoms with E-state index < -0.39 is 0 Å². The number of aliphatic imine (C=N–C) groups is 1. The van der Waals surface area contributed by atoms with E-state index in [1.54, 1.807) is 0 Å². The lowest BCUT2D eigenvalue weighted by Crippen LogP contribution is -2.37. The molecule has 1 aliphatic heterocycles. The highest BCUT2D eigenvalue weighted by Crippen LogP contribution is 2.14. The molecule has 0 unspecified atom stereocenters. The van der Waals surface area contributed by atoms with Gasteiger partial charge < -0.3 is 25.0 Å². The van der Waals surface area contributed by atoms with Gasteiger partial charge in [-0.3, -0.25) is 4.99 Å². The van der Waals surface area contributed by atoms with E-state index in [1.807, 2.05) is 0 Å². The summed E-state index contributed by atoms with van der Waals surface area (Å²) in [5, 5.41) is 6.78. The molecule has 1 aliphatic rings. The highest BCUT2D eigenvalue weighted by molar-refractivity contribution is 5.79. The maximum atomic E-state index is 5.81. The van der Waals surface area contributed by atoms with Gasteiger partial charge in [0.15, 0.2) is 5.96 Å². The molecule has 1 rings (SSSR count). The van der Waals surface area contributed by atoms with Crippen LogP contribution in [0.25, 0.3) is 0 Å². The Kier molecular flexibility index (Phi) is 15.5. The van der Waals surface area contributed by atoms with Crippen molar-refractivity contribution in [3.63, 3.8) is 0 Å². The molecule has 0 spiro atoms. The average molecular weight is 385 g/mol. The van der Waals surface area contributed by atoms with E-state index in [2.05, 4.69) is 41.5 Å². The van der Waals surface area contributed by atoms with Gasteiger partial charge in [0.25, 0.3) is 0 Å². The Hall–Kier alpha value is -0.850. The van der Waals surface area contributed by atoms with Gasteiger partial charge in [-0.1, -0.05) is 19.3 Å². The van der Waals surface area contributed by atoms with Gasteiger partial charge in [0.05, 0.1) is 0 Å². The van der Waals surface area contributed by atoms with Crippen molar-refractivity contribution >= 4 is 5.96 Å². The molecule has 1 heterocycles. The first-order valence-corrected chi connectivity index (χ1v) is 11.0. The van der Waals surface area contributed by atoms with Crippen LogP contribution in [0.5, 0.6) is 0 Å². The van der Waals surface area contributed by atoms with Gasteiger partial charge in [-0.25, -0.2) is 0 Å². The minimum Gasteiger partial charge on any atom is -0.381 e. The van der Waals surface area contributed by atoms with Gasteiger partial charge in [-0.15, -0.1) is 0 Å². The van der Waals surface area contributed by atoms with Gasteiger partial charge in [0.1, 0.15) is 0 Å². The van der Waals surface area contributed by atoms with Crippen molar-refractivity contribution in [3.8, 4) is 0 Å². The molecule has 6 nitrogen and oxygen atoms in total. The zero-order chi connectivity index (χ0) is 19.6. The standard InChI is InChI=1S/C21H44N4O2/c1-4-22-21(23-13-8-6-5-7-9-15-25(2)3)24-14-10-16-27-19-20-11-17-26-18-12-20/h20H,4-19H2,1-3H3,(H2,22,23,24). The summed E-state index contributed by atoms with van der Waals surface area (Å²) in [7, 11) is 4.29. The van der Waals surface area contributed by atoms with Crippen LogP contribution in [-0.4, -0.2) is 77.6 Å². The Balaban J connectivity index is 1.99. The SMILES string of the molecule is CCNC(=NCCCOCC1CCOCC1)NCCCCCCCN(C)C. The van der Waals surface area contributed by atoms with Crippen molar-refractivity contribution in [2.24, 2.45) is 10.9 Å². The maximum Gasteiger partial charge on any atom is 0.191 e. The summed E-state index contributed by atoms with van der Waals surface area (Å²) in [5.74, 6) is 1.62. The lowest BCUT2D eigenvalue weighted by atomic mass is 10.0. The second kappa shape index (κ2) is 17.3. The monoisotopic (exact) mass is 384 g/mol. The van der Waals surface area contributed by atoms with Crippen molar-refractivity contribution in [2.75, 3.05) is 66.7 Å². The van der Waals surface area contributed by atoms with Crippen LogP contribution in [0.4, 0.5) is 0 Å². The smallest absolute Gasteiger partial charge is 0.191 e. The van der Waals surface area contributed by atoms with Crippen LogP contribution in [0.3, 0.4) is 0 Å². The number of nitrogens with zero attached hydrogens (tertiary/aromatic N) is 2. The number of guanidine groups is 1. The first kappa shape index (κ1) is 24.2. The third-order valence-corrected chi connectivity index (χ3v) is 4.83. The maximum absolute atomic E-state index is 5.81. The van der Waals surface area contributed by atoms with Crippen LogP contribution in [0.15, 0.2) is 4.99 Å². The molecular formula is C21H44N4O2. The fourth-order valence-corrected chi connectivity index (χ4v) is 3.15. The third kappa shape index (κ3) is 14.8. The summed E-state index contributed by atoms with van der Waals surface area (Å²) in [6, 6.07) is 0. The summed E-state index contributed by atoms with van der Waals surface area (Å²) < 4.78 is 11.2. The molecule has 6 heteroatoms. The molecule has 1 saturated heterocycles. The van der Waals surface area contributed by atoms with Crippen LogP contribution < -0.4 is 10.6 Å². The number of hydrogen-bond donors (Lipinski definition) is 2. The van der Waals surface area contributed by atoms with E-state index in [4.69, 9.17) is 9.47 Å². The normalized spacial score (nSPS) is 16.1. The lowest BCUT2D eigenvalue weighted by Gasteiger charge is -2.21. The minimum atomic E-state index is 0.684. The van der Waals surface area contributed by atoms with E-state index >= 15 is 0 Å². The van der Waals surface area contributed by atoms with Crippen molar-refractivity contribution in [1.29, 1.82) is 0 Å². The van der Waals surface area contributed by atoms with Gasteiger partial charge in [0.2, 0.25) is 0 Å². The van der Waals surface area contributed by atoms with Gasteiger partial charge in [-0.2, -0.15) is 0 Å². The highest BCUT2D eigenvalue weighted by Gasteiger charge is 2.13. The fourth-order valence-electron chi connectivity index (χ4n) is 3.15. The Labute approximate surface area is 167 Å². The van der Waals surface area contributed by atoms with Crippen LogP contribution in [-0.2, 0) is 9.47 Å². The minimum absolute atomic E-state index is 0.684. The number of ether oxygens (including phenoxy) is 2. The topological polar surface area (TPSA) is 58.1 Å². The molecule has 0 atom stereocenters. The van der Waals surface area contributed by atoms with Crippen molar-refractivity contribution in [2.45, 2.75) is 58.3 Å². The van der Waals surface area contributed by atoms with Crippen LogP contribution >= 0.6 is 0 Å². The molecule has 2 N–H and O–H groups in total. The zero-order valence-corrected chi connectivity index (χ0v) is 18.1. The Morgan fingerprint density at radius 2 is 1.78 bits per heavy atom. The van der Waals surface area contributed by atoms with Crippen LogP contribution in [0.2, 0.25) is 0 Å². The molecule has 0 aromatic carbocycles. The molecular weight excluding hydrogens is 340 g/mol. The summed E-state index contributed by atoms with van der Waals surface area (Å²) in [6.07, 6.45) is 9.73. The highest BCUT2D eigenvalue weighted by atomic mass is 16.5. The van der Waals surface area contributed by atoms with E-state index in [-0.39, 0.29) is 0 Å². The Morgan fingerprint density at radius 3 is 2.52 bits per heavy atom. The van der Waals surface area contributed by atoms with Gasteiger partial charge >= 0.3 is 0 Å². The molecule has 0 aromatic heterocycles. The summed E-state index contributed by atoms with van der Waals surface area (Å²) in [5.41, 5.74) is 0. The van der Waals surface area contributed by atoms with E-state index in [9.17, 15) is 0 Å². The number of rotatable bonds is 15. The van der Waals surface area contributed by atoms with Crippen molar-refractivity contribution < 1.29 is 9.47 Å². The first-order chi connectivity index (χ1) is 13.2. The number of unbranched alkanes of at least 4 members (excludes halogenated alkanes) is 4. The average Bonchev–Trinajstić information content (AvgIpc) is 2.67.